The van der Waals surface area contributed by atoms with Crippen LogP contribution in [0.5, 0.6) is 0 Å². The standard InChI is InChI=1S/C27H26N4O4/c1-30(2)17-24(32)29-21-10-6-7-18(14-21)15-28-25(33)20-9-5-8-19(13-20)16-31-26(34)22-11-3-4-12-23(22)27(31)35/h3-14H,15-17H2,1-2H3,(H,28,33)(H,29,32). The van der Waals surface area contributed by atoms with Crippen molar-refractivity contribution in [2.45, 2.75) is 13.1 Å². The average molecular weight is 471 g/mol. The summed E-state index contributed by atoms with van der Waals surface area (Å²) in [6, 6.07) is 20.9. The Bertz CT molecular complexity index is 1270. The molecule has 8 heteroatoms. The molecule has 3 aromatic carbocycles. The zero-order valence-electron chi connectivity index (χ0n) is 19.6. The number of amides is 4. The Morgan fingerprint density at radius 2 is 1.49 bits per heavy atom. The van der Waals surface area contributed by atoms with Gasteiger partial charge in [0.05, 0.1) is 24.2 Å². The van der Waals surface area contributed by atoms with E-state index in [9.17, 15) is 19.2 Å². The van der Waals surface area contributed by atoms with Gasteiger partial charge in [0, 0.05) is 17.8 Å². The van der Waals surface area contributed by atoms with Gasteiger partial charge in [0.1, 0.15) is 0 Å². The van der Waals surface area contributed by atoms with E-state index in [4.69, 9.17) is 0 Å². The van der Waals surface area contributed by atoms with Crippen LogP contribution in [0.4, 0.5) is 5.69 Å². The third-order valence-electron chi connectivity index (χ3n) is 5.53. The van der Waals surface area contributed by atoms with Crippen LogP contribution in [-0.2, 0) is 17.9 Å². The number of likely N-dealkylation sites (N-methyl/N-ethyl adjacent to an activating group) is 1. The molecule has 0 atom stereocenters. The Morgan fingerprint density at radius 3 is 2.17 bits per heavy atom. The summed E-state index contributed by atoms with van der Waals surface area (Å²) < 4.78 is 0. The van der Waals surface area contributed by atoms with Crippen molar-refractivity contribution in [3.8, 4) is 0 Å². The molecule has 8 nitrogen and oxygen atoms in total. The van der Waals surface area contributed by atoms with Crippen molar-refractivity contribution in [1.29, 1.82) is 0 Å². The van der Waals surface area contributed by atoms with Crippen LogP contribution >= 0.6 is 0 Å². The van der Waals surface area contributed by atoms with Crippen molar-refractivity contribution in [3.63, 3.8) is 0 Å². The van der Waals surface area contributed by atoms with Gasteiger partial charge in [-0.1, -0.05) is 36.4 Å². The van der Waals surface area contributed by atoms with Gasteiger partial charge < -0.3 is 15.5 Å². The van der Waals surface area contributed by atoms with Crippen LogP contribution in [0.1, 0.15) is 42.2 Å². The monoisotopic (exact) mass is 470 g/mol. The fourth-order valence-corrected chi connectivity index (χ4v) is 3.91. The first-order valence-corrected chi connectivity index (χ1v) is 11.2. The molecule has 0 fully saturated rings. The largest absolute Gasteiger partial charge is 0.348 e. The number of fused-ring (bicyclic) bond motifs is 1. The number of carbonyl (C=O) groups excluding carboxylic acids is 4. The molecule has 2 N–H and O–H groups in total. The number of carbonyl (C=O) groups is 4. The van der Waals surface area contributed by atoms with Crippen LogP contribution in [0.2, 0.25) is 0 Å². The first-order valence-electron chi connectivity index (χ1n) is 11.2. The lowest BCUT2D eigenvalue weighted by Crippen LogP contribution is -2.29. The maximum atomic E-state index is 12.8. The molecule has 178 valence electrons. The minimum Gasteiger partial charge on any atom is -0.348 e. The van der Waals surface area contributed by atoms with Crippen LogP contribution in [0.25, 0.3) is 0 Å². The Balaban J connectivity index is 1.38. The zero-order chi connectivity index (χ0) is 24.9. The van der Waals surface area contributed by atoms with Crippen molar-refractivity contribution >= 4 is 29.3 Å². The van der Waals surface area contributed by atoms with Gasteiger partial charge in [-0.05, 0) is 61.6 Å². The van der Waals surface area contributed by atoms with Crippen LogP contribution in [0, 0.1) is 0 Å². The number of hydrogen-bond donors (Lipinski definition) is 2. The Morgan fingerprint density at radius 1 is 0.829 bits per heavy atom. The van der Waals surface area contributed by atoms with E-state index in [-0.39, 0.29) is 43.3 Å². The predicted molar refractivity (Wildman–Crippen MR) is 132 cm³/mol. The number of rotatable bonds is 8. The van der Waals surface area contributed by atoms with Gasteiger partial charge in [0.2, 0.25) is 5.91 Å². The van der Waals surface area contributed by atoms with E-state index in [2.05, 4.69) is 10.6 Å². The molecule has 0 aromatic heterocycles. The second-order valence-electron chi connectivity index (χ2n) is 8.61. The molecule has 35 heavy (non-hydrogen) atoms. The first kappa shape index (κ1) is 23.8. The van der Waals surface area contributed by atoms with Gasteiger partial charge >= 0.3 is 0 Å². The van der Waals surface area contributed by atoms with Crippen molar-refractivity contribution in [2.24, 2.45) is 0 Å². The lowest BCUT2D eigenvalue weighted by Gasteiger charge is -2.15. The van der Waals surface area contributed by atoms with Gasteiger partial charge in [-0.15, -0.1) is 0 Å². The lowest BCUT2D eigenvalue weighted by atomic mass is 10.1. The van der Waals surface area contributed by atoms with Gasteiger partial charge in [-0.2, -0.15) is 0 Å². The molecule has 1 aliphatic heterocycles. The fourth-order valence-electron chi connectivity index (χ4n) is 3.91. The lowest BCUT2D eigenvalue weighted by molar-refractivity contribution is -0.116. The Hall–Kier alpha value is -4.30. The van der Waals surface area contributed by atoms with Crippen molar-refractivity contribution < 1.29 is 19.2 Å². The highest BCUT2D eigenvalue weighted by Crippen LogP contribution is 2.24. The molecule has 0 bridgehead atoms. The molecule has 1 heterocycles. The maximum Gasteiger partial charge on any atom is 0.261 e. The minimum atomic E-state index is -0.335. The average Bonchev–Trinajstić information content (AvgIpc) is 3.07. The van der Waals surface area contributed by atoms with Crippen LogP contribution in [0.15, 0.2) is 72.8 Å². The SMILES string of the molecule is CN(C)CC(=O)Nc1cccc(CNC(=O)c2cccc(CN3C(=O)c4ccccc4C3=O)c2)c1. The number of anilines is 1. The summed E-state index contributed by atoms with van der Waals surface area (Å²) in [5.41, 5.74) is 3.39. The van der Waals surface area contributed by atoms with E-state index in [0.717, 1.165) is 5.56 Å². The summed E-state index contributed by atoms with van der Waals surface area (Å²) >= 11 is 0. The fraction of sp³-hybridized carbons (Fsp3) is 0.185. The quantitative estimate of drug-likeness (QED) is 0.494. The highest BCUT2D eigenvalue weighted by Gasteiger charge is 2.34. The molecule has 0 aliphatic carbocycles. The van der Waals surface area contributed by atoms with Gasteiger partial charge in [-0.25, -0.2) is 0 Å². The number of benzene rings is 3. The van der Waals surface area contributed by atoms with Crippen LogP contribution < -0.4 is 10.6 Å². The third-order valence-corrected chi connectivity index (χ3v) is 5.53. The molecule has 4 rings (SSSR count). The highest BCUT2D eigenvalue weighted by atomic mass is 16.2. The van der Waals surface area contributed by atoms with Gasteiger partial charge in [0.25, 0.3) is 17.7 Å². The van der Waals surface area contributed by atoms with Crippen molar-refractivity contribution in [3.05, 3.63) is 101 Å². The molecule has 4 amide bonds. The summed E-state index contributed by atoms with van der Waals surface area (Å²) in [5, 5.41) is 5.71. The van der Waals surface area contributed by atoms with Crippen molar-refractivity contribution in [2.75, 3.05) is 26.0 Å². The smallest absolute Gasteiger partial charge is 0.261 e. The molecule has 0 saturated heterocycles. The molecule has 0 unspecified atom stereocenters. The highest BCUT2D eigenvalue weighted by molar-refractivity contribution is 6.21. The summed E-state index contributed by atoms with van der Waals surface area (Å²) in [5.74, 6) is -1.07. The number of hydrogen-bond acceptors (Lipinski definition) is 5. The summed E-state index contributed by atoms with van der Waals surface area (Å²) in [6.07, 6.45) is 0. The molecule has 1 aliphatic rings. The summed E-state index contributed by atoms with van der Waals surface area (Å²) in [6.45, 7) is 0.638. The second-order valence-corrected chi connectivity index (χ2v) is 8.61. The molecule has 0 saturated carbocycles. The molecule has 0 radical (unpaired) electrons. The molecule has 0 spiro atoms. The van der Waals surface area contributed by atoms with Gasteiger partial charge in [0.15, 0.2) is 0 Å². The molecular formula is C27H26N4O4. The number of nitrogens with zero attached hydrogens (tertiary/aromatic N) is 2. The first-order chi connectivity index (χ1) is 16.8. The molecule has 3 aromatic rings. The van der Waals surface area contributed by atoms with E-state index in [1.807, 2.05) is 32.3 Å². The Labute approximate surface area is 203 Å². The minimum absolute atomic E-state index is 0.0855. The second kappa shape index (κ2) is 10.3. The van der Waals surface area contributed by atoms with E-state index in [0.29, 0.717) is 27.9 Å². The number of imide groups is 1. The normalized spacial score (nSPS) is 12.6. The maximum absolute atomic E-state index is 12.8. The summed E-state index contributed by atoms with van der Waals surface area (Å²) in [4.78, 5) is 53.0. The topological polar surface area (TPSA) is 98.8 Å². The zero-order valence-corrected chi connectivity index (χ0v) is 19.6. The summed E-state index contributed by atoms with van der Waals surface area (Å²) in [7, 11) is 3.64. The molecular weight excluding hydrogens is 444 g/mol. The van der Waals surface area contributed by atoms with Crippen LogP contribution in [0.3, 0.4) is 0 Å². The van der Waals surface area contributed by atoms with Crippen LogP contribution in [-0.4, -0.2) is 54.1 Å². The van der Waals surface area contributed by atoms with E-state index >= 15 is 0 Å². The van der Waals surface area contributed by atoms with E-state index in [1.165, 1.54) is 4.90 Å². The third kappa shape index (κ3) is 5.62. The van der Waals surface area contributed by atoms with E-state index in [1.54, 1.807) is 59.5 Å². The van der Waals surface area contributed by atoms with E-state index < -0.39 is 0 Å². The van der Waals surface area contributed by atoms with Crippen molar-refractivity contribution in [1.82, 2.24) is 15.1 Å². The van der Waals surface area contributed by atoms with Gasteiger partial charge in [-0.3, -0.25) is 24.1 Å². The number of nitrogens with one attached hydrogen (secondary N) is 2. The predicted octanol–water partition coefficient (Wildman–Crippen LogP) is 2.91. The Kier molecular flexibility index (Phi) is 7.03.